The van der Waals surface area contributed by atoms with Gasteiger partial charge in [-0.3, -0.25) is 0 Å². The number of aromatic carboxylic acids is 1. The molecule has 5 nitrogen and oxygen atoms in total. The summed E-state index contributed by atoms with van der Waals surface area (Å²) in [6, 6.07) is 1.32. The summed E-state index contributed by atoms with van der Waals surface area (Å²) < 4.78 is 14.5. The molecular formula is C8H6FN3O2. The SMILES string of the molecule is Nc1ccn2ncc(C(=O)O)c2c1F. The van der Waals surface area contributed by atoms with Crippen LogP contribution in [0.2, 0.25) is 0 Å². The number of nitrogens with two attached hydrogens (primary N) is 1. The number of carboxylic acids is 1. The lowest BCUT2D eigenvalue weighted by molar-refractivity contribution is 0.0698. The van der Waals surface area contributed by atoms with Crippen molar-refractivity contribution < 1.29 is 14.3 Å². The van der Waals surface area contributed by atoms with E-state index in [1.54, 1.807) is 0 Å². The highest BCUT2D eigenvalue weighted by Crippen LogP contribution is 2.19. The molecule has 0 radical (unpaired) electrons. The summed E-state index contributed by atoms with van der Waals surface area (Å²) in [6.07, 6.45) is 2.49. The molecular weight excluding hydrogens is 189 g/mol. The molecule has 2 aromatic rings. The van der Waals surface area contributed by atoms with Gasteiger partial charge in [0.25, 0.3) is 0 Å². The van der Waals surface area contributed by atoms with Crippen LogP contribution in [0, 0.1) is 5.82 Å². The van der Waals surface area contributed by atoms with E-state index < -0.39 is 11.8 Å². The Labute approximate surface area is 77.6 Å². The molecule has 6 heteroatoms. The lowest BCUT2D eigenvalue weighted by atomic mass is 10.2. The van der Waals surface area contributed by atoms with Gasteiger partial charge in [-0.25, -0.2) is 13.7 Å². The number of aromatic nitrogens is 2. The van der Waals surface area contributed by atoms with E-state index in [2.05, 4.69) is 5.10 Å². The van der Waals surface area contributed by atoms with Gasteiger partial charge in [-0.15, -0.1) is 0 Å². The predicted octanol–water partition coefficient (Wildman–Crippen LogP) is 0.754. The fourth-order valence-electron chi connectivity index (χ4n) is 1.21. The van der Waals surface area contributed by atoms with Crippen molar-refractivity contribution in [1.29, 1.82) is 0 Å². The van der Waals surface area contributed by atoms with Crippen LogP contribution in [0.4, 0.5) is 10.1 Å². The normalized spacial score (nSPS) is 10.6. The van der Waals surface area contributed by atoms with Crippen molar-refractivity contribution >= 4 is 17.2 Å². The first-order valence-electron chi connectivity index (χ1n) is 3.76. The smallest absolute Gasteiger partial charge is 0.339 e. The standard InChI is InChI=1S/C8H6FN3O2/c9-6-5(10)1-2-12-7(6)4(3-11-12)8(13)14/h1-3H,10H2,(H,13,14). The Bertz CT molecular complexity index is 521. The number of rotatable bonds is 1. The Balaban J connectivity index is 2.89. The molecule has 0 aliphatic heterocycles. The summed E-state index contributed by atoms with van der Waals surface area (Å²) in [4.78, 5) is 10.7. The van der Waals surface area contributed by atoms with Gasteiger partial charge in [0.1, 0.15) is 11.1 Å². The summed E-state index contributed by atoms with van der Waals surface area (Å²) in [5, 5.41) is 12.4. The topological polar surface area (TPSA) is 80.6 Å². The van der Waals surface area contributed by atoms with Crippen LogP contribution in [0.5, 0.6) is 0 Å². The number of anilines is 1. The predicted molar refractivity (Wildman–Crippen MR) is 46.5 cm³/mol. The van der Waals surface area contributed by atoms with E-state index in [-0.39, 0.29) is 16.8 Å². The minimum absolute atomic E-state index is 0.0968. The van der Waals surface area contributed by atoms with Crippen LogP contribution in [0.3, 0.4) is 0 Å². The van der Waals surface area contributed by atoms with E-state index in [0.717, 1.165) is 10.7 Å². The molecule has 0 fully saturated rings. The second-order valence-electron chi connectivity index (χ2n) is 2.74. The first kappa shape index (κ1) is 8.49. The zero-order chi connectivity index (χ0) is 10.3. The average Bonchev–Trinajstić information content (AvgIpc) is 2.55. The van der Waals surface area contributed by atoms with Crippen molar-refractivity contribution in [3.8, 4) is 0 Å². The second kappa shape index (κ2) is 2.69. The van der Waals surface area contributed by atoms with Crippen molar-refractivity contribution in [3.05, 3.63) is 29.8 Å². The van der Waals surface area contributed by atoms with E-state index in [4.69, 9.17) is 10.8 Å². The van der Waals surface area contributed by atoms with Crippen LogP contribution in [0.15, 0.2) is 18.5 Å². The number of hydrogen-bond donors (Lipinski definition) is 2. The molecule has 0 saturated heterocycles. The number of hydrogen-bond acceptors (Lipinski definition) is 3. The van der Waals surface area contributed by atoms with Crippen LogP contribution < -0.4 is 5.73 Å². The van der Waals surface area contributed by atoms with Crippen LogP contribution in [-0.4, -0.2) is 20.7 Å². The van der Waals surface area contributed by atoms with Gasteiger partial charge in [0.2, 0.25) is 0 Å². The third kappa shape index (κ3) is 1.00. The van der Waals surface area contributed by atoms with E-state index in [1.165, 1.54) is 12.3 Å². The maximum absolute atomic E-state index is 13.4. The number of halogens is 1. The first-order chi connectivity index (χ1) is 6.61. The molecule has 0 spiro atoms. The third-order valence-corrected chi connectivity index (χ3v) is 1.88. The highest BCUT2D eigenvalue weighted by atomic mass is 19.1. The Morgan fingerprint density at radius 1 is 1.64 bits per heavy atom. The van der Waals surface area contributed by atoms with Crippen LogP contribution >= 0.6 is 0 Å². The number of nitrogen functional groups attached to an aromatic ring is 1. The fraction of sp³-hybridized carbons (Fsp3) is 0. The van der Waals surface area contributed by atoms with Gasteiger partial charge >= 0.3 is 5.97 Å². The molecule has 72 valence electrons. The largest absolute Gasteiger partial charge is 0.478 e. The molecule has 3 N–H and O–H groups in total. The van der Waals surface area contributed by atoms with Gasteiger partial charge in [0.05, 0.1) is 11.9 Å². The quantitative estimate of drug-likeness (QED) is 0.703. The highest BCUT2D eigenvalue weighted by Gasteiger charge is 2.16. The van der Waals surface area contributed by atoms with E-state index in [1.807, 2.05) is 0 Å². The lowest BCUT2D eigenvalue weighted by Gasteiger charge is -1.99. The van der Waals surface area contributed by atoms with E-state index in [9.17, 15) is 9.18 Å². The van der Waals surface area contributed by atoms with Crippen LogP contribution in [0.1, 0.15) is 10.4 Å². The first-order valence-corrected chi connectivity index (χ1v) is 3.76. The monoisotopic (exact) mass is 195 g/mol. The Morgan fingerprint density at radius 3 is 3.00 bits per heavy atom. The number of carboxylic acid groups (broad SMARTS) is 1. The van der Waals surface area contributed by atoms with Crippen molar-refractivity contribution in [3.63, 3.8) is 0 Å². The summed E-state index contributed by atoms with van der Waals surface area (Å²) in [6.45, 7) is 0. The van der Waals surface area contributed by atoms with Crippen molar-refractivity contribution in [2.24, 2.45) is 0 Å². The van der Waals surface area contributed by atoms with E-state index >= 15 is 0 Å². The van der Waals surface area contributed by atoms with Gasteiger partial charge in [-0.2, -0.15) is 5.10 Å². The van der Waals surface area contributed by atoms with Crippen LogP contribution in [0.25, 0.3) is 5.52 Å². The molecule has 2 heterocycles. The van der Waals surface area contributed by atoms with Gasteiger partial charge in [0.15, 0.2) is 5.82 Å². The summed E-state index contributed by atoms with van der Waals surface area (Å²) >= 11 is 0. The van der Waals surface area contributed by atoms with Gasteiger partial charge < -0.3 is 10.8 Å². The molecule has 0 aliphatic carbocycles. The number of fused-ring (bicyclic) bond motifs is 1. The van der Waals surface area contributed by atoms with Crippen molar-refractivity contribution in [2.45, 2.75) is 0 Å². The molecule has 2 aromatic heterocycles. The fourth-order valence-corrected chi connectivity index (χ4v) is 1.21. The van der Waals surface area contributed by atoms with E-state index in [0.29, 0.717) is 0 Å². The number of pyridine rings is 1. The molecule has 0 atom stereocenters. The van der Waals surface area contributed by atoms with Crippen molar-refractivity contribution in [1.82, 2.24) is 9.61 Å². The molecule has 0 saturated carbocycles. The lowest BCUT2D eigenvalue weighted by Crippen LogP contribution is -2.00. The average molecular weight is 195 g/mol. The van der Waals surface area contributed by atoms with Gasteiger partial charge in [-0.1, -0.05) is 0 Å². The molecule has 0 bridgehead atoms. The molecule has 0 aliphatic rings. The maximum atomic E-state index is 13.4. The summed E-state index contributed by atoms with van der Waals surface area (Å²) in [7, 11) is 0. The van der Waals surface area contributed by atoms with Crippen LogP contribution in [-0.2, 0) is 0 Å². The molecule has 2 rings (SSSR count). The Kier molecular flexibility index (Phi) is 1.63. The molecule has 0 aromatic carbocycles. The summed E-state index contributed by atoms with van der Waals surface area (Å²) in [5.41, 5.74) is 4.90. The maximum Gasteiger partial charge on any atom is 0.339 e. The van der Waals surface area contributed by atoms with Gasteiger partial charge in [-0.05, 0) is 6.07 Å². The molecule has 0 amide bonds. The number of carbonyl (C=O) groups is 1. The highest BCUT2D eigenvalue weighted by molar-refractivity contribution is 5.96. The molecule has 14 heavy (non-hydrogen) atoms. The number of nitrogens with zero attached hydrogens (tertiary/aromatic N) is 2. The molecule has 0 unspecified atom stereocenters. The summed E-state index contributed by atoms with van der Waals surface area (Å²) in [5.74, 6) is -1.99. The zero-order valence-electron chi connectivity index (χ0n) is 6.94. The Morgan fingerprint density at radius 2 is 2.36 bits per heavy atom. The third-order valence-electron chi connectivity index (χ3n) is 1.88. The second-order valence-corrected chi connectivity index (χ2v) is 2.74. The zero-order valence-corrected chi connectivity index (χ0v) is 6.94. The minimum Gasteiger partial charge on any atom is -0.478 e. The van der Waals surface area contributed by atoms with Crippen molar-refractivity contribution in [2.75, 3.05) is 5.73 Å². The minimum atomic E-state index is -1.23. The van der Waals surface area contributed by atoms with Gasteiger partial charge in [0, 0.05) is 6.20 Å². The Hall–Kier alpha value is -2.11.